The standard InChI is InChI=1S/C32H32ClFN4O3Si/c1-42(2,3)16-15-41-21-37-31-14-11-25(34)19-29(31)36-32(37)27(17-22-7-5-4-6-8-22)28-12-9-23(20-35-28)26-18-24(33)10-13-30(26)38(39)40/h4-14,18-20,27H,15-17,21H2,1-3H3. The number of rotatable bonds is 11. The molecule has 1 atom stereocenters. The Balaban J connectivity index is 1.58. The molecule has 0 aliphatic rings. The Morgan fingerprint density at radius 3 is 2.52 bits per heavy atom. The first-order valence-electron chi connectivity index (χ1n) is 13.8. The van der Waals surface area contributed by atoms with Crippen molar-refractivity contribution in [1.29, 1.82) is 0 Å². The smallest absolute Gasteiger partial charge is 0.277 e. The highest BCUT2D eigenvalue weighted by atomic mass is 35.5. The predicted octanol–water partition coefficient (Wildman–Crippen LogP) is 8.49. The lowest BCUT2D eigenvalue weighted by molar-refractivity contribution is -0.384. The normalized spacial score (nSPS) is 12.5. The van der Waals surface area contributed by atoms with Gasteiger partial charge >= 0.3 is 0 Å². The average Bonchev–Trinajstić information content (AvgIpc) is 3.31. The van der Waals surface area contributed by atoms with Crippen LogP contribution in [-0.2, 0) is 17.9 Å². The summed E-state index contributed by atoms with van der Waals surface area (Å²) in [7, 11) is -1.29. The first kappa shape index (κ1) is 29.6. The van der Waals surface area contributed by atoms with Gasteiger partial charge in [0.1, 0.15) is 18.4 Å². The van der Waals surface area contributed by atoms with Gasteiger partial charge in [0.2, 0.25) is 0 Å². The molecule has 0 fully saturated rings. The van der Waals surface area contributed by atoms with Gasteiger partial charge in [0.25, 0.3) is 5.69 Å². The summed E-state index contributed by atoms with van der Waals surface area (Å²) in [5.41, 5.74) is 4.07. The first-order valence-corrected chi connectivity index (χ1v) is 17.9. The molecule has 0 saturated carbocycles. The number of halogens is 2. The molecular weight excluding hydrogens is 571 g/mol. The van der Waals surface area contributed by atoms with Crippen LogP contribution in [0.4, 0.5) is 10.1 Å². The van der Waals surface area contributed by atoms with Crippen molar-refractivity contribution in [1.82, 2.24) is 14.5 Å². The highest BCUT2D eigenvalue weighted by Crippen LogP contribution is 2.35. The molecule has 2 heterocycles. The first-order chi connectivity index (χ1) is 20.1. The van der Waals surface area contributed by atoms with Gasteiger partial charge in [0.15, 0.2) is 0 Å². The van der Waals surface area contributed by atoms with Gasteiger partial charge in [-0.3, -0.25) is 15.1 Å². The number of fused-ring (bicyclic) bond motifs is 1. The molecule has 3 aromatic carbocycles. The van der Waals surface area contributed by atoms with E-state index in [2.05, 4.69) is 19.6 Å². The second-order valence-corrected chi connectivity index (χ2v) is 17.6. The lowest BCUT2D eigenvalue weighted by Crippen LogP contribution is -2.22. The van der Waals surface area contributed by atoms with Crippen molar-refractivity contribution in [3.05, 3.63) is 123 Å². The maximum absolute atomic E-state index is 14.3. The lowest BCUT2D eigenvalue weighted by Gasteiger charge is -2.20. The fourth-order valence-corrected chi connectivity index (χ4v) is 5.83. The number of hydrogen-bond donors (Lipinski definition) is 0. The van der Waals surface area contributed by atoms with Gasteiger partial charge in [-0.2, -0.15) is 0 Å². The van der Waals surface area contributed by atoms with Crippen LogP contribution in [0.5, 0.6) is 0 Å². The molecule has 7 nitrogen and oxygen atoms in total. The van der Waals surface area contributed by atoms with E-state index >= 15 is 0 Å². The fourth-order valence-electron chi connectivity index (χ4n) is 4.90. The molecule has 1 unspecified atom stereocenters. The Labute approximate surface area is 250 Å². The summed E-state index contributed by atoms with van der Waals surface area (Å²) in [6.07, 6.45) is 2.22. The van der Waals surface area contributed by atoms with Gasteiger partial charge in [-0.1, -0.05) is 67.6 Å². The summed E-state index contributed by atoms with van der Waals surface area (Å²) in [6.45, 7) is 7.83. The van der Waals surface area contributed by atoms with Crippen molar-refractivity contribution in [2.24, 2.45) is 0 Å². The number of imidazole rings is 1. The summed E-state index contributed by atoms with van der Waals surface area (Å²) >= 11 is 6.18. The molecule has 42 heavy (non-hydrogen) atoms. The van der Waals surface area contributed by atoms with Crippen molar-refractivity contribution in [3.63, 3.8) is 0 Å². The van der Waals surface area contributed by atoms with E-state index in [4.69, 9.17) is 26.3 Å². The Morgan fingerprint density at radius 2 is 1.83 bits per heavy atom. The van der Waals surface area contributed by atoms with E-state index in [-0.39, 0.29) is 24.2 Å². The lowest BCUT2D eigenvalue weighted by atomic mass is 9.94. The maximum Gasteiger partial charge on any atom is 0.277 e. The van der Waals surface area contributed by atoms with E-state index in [1.54, 1.807) is 18.3 Å². The Kier molecular flexibility index (Phi) is 8.82. The summed E-state index contributed by atoms with van der Waals surface area (Å²) in [4.78, 5) is 20.9. The topological polar surface area (TPSA) is 83.1 Å². The fraction of sp³-hybridized carbons (Fsp3) is 0.250. The molecule has 5 aromatic rings. The van der Waals surface area contributed by atoms with Gasteiger partial charge in [-0.15, -0.1) is 0 Å². The van der Waals surface area contributed by atoms with Gasteiger partial charge in [-0.05, 0) is 48.4 Å². The second kappa shape index (κ2) is 12.5. The monoisotopic (exact) mass is 602 g/mol. The minimum atomic E-state index is -1.29. The third-order valence-corrected chi connectivity index (χ3v) is 9.10. The molecule has 216 valence electrons. The molecule has 0 radical (unpaired) electrons. The van der Waals surface area contributed by atoms with Crippen molar-refractivity contribution >= 4 is 36.4 Å². The summed E-state index contributed by atoms with van der Waals surface area (Å²) in [6, 6.07) is 23.8. The van der Waals surface area contributed by atoms with E-state index in [0.29, 0.717) is 40.5 Å². The average molecular weight is 603 g/mol. The largest absolute Gasteiger partial charge is 0.361 e. The van der Waals surface area contributed by atoms with E-state index < -0.39 is 13.0 Å². The number of nitrogens with zero attached hydrogens (tertiary/aromatic N) is 4. The number of pyridine rings is 1. The predicted molar refractivity (Wildman–Crippen MR) is 167 cm³/mol. The van der Waals surface area contributed by atoms with Gasteiger partial charge < -0.3 is 9.30 Å². The molecule has 0 amide bonds. The molecule has 0 saturated heterocycles. The number of benzene rings is 3. The minimum Gasteiger partial charge on any atom is -0.361 e. The Morgan fingerprint density at radius 1 is 1.05 bits per heavy atom. The van der Waals surface area contributed by atoms with Crippen molar-refractivity contribution in [2.45, 2.75) is 44.8 Å². The zero-order valence-electron chi connectivity index (χ0n) is 23.8. The number of hydrogen-bond acceptors (Lipinski definition) is 5. The number of ether oxygens (including phenoxy) is 1. The molecule has 0 N–H and O–H groups in total. The SMILES string of the molecule is C[Si](C)(C)CCOCn1c(C(Cc2ccccc2)c2ccc(-c3cc(Cl)ccc3[N+](=O)[O-])cn2)nc2cc(F)ccc21. The quantitative estimate of drug-likeness (QED) is 0.0655. The third kappa shape index (κ3) is 6.92. The van der Waals surface area contributed by atoms with Gasteiger partial charge in [0.05, 0.1) is 33.1 Å². The van der Waals surface area contributed by atoms with Crippen LogP contribution in [0.3, 0.4) is 0 Å². The Hall–Kier alpha value is -3.92. The second-order valence-electron chi connectivity index (χ2n) is 11.5. The zero-order valence-corrected chi connectivity index (χ0v) is 25.5. The van der Waals surface area contributed by atoms with Crippen molar-refractivity contribution < 1.29 is 14.1 Å². The van der Waals surface area contributed by atoms with E-state index in [1.165, 1.54) is 24.3 Å². The van der Waals surface area contributed by atoms with Crippen molar-refractivity contribution in [2.75, 3.05) is 6.61 Å². The van der Waals surface area contributed by atoms with Crippen LogP contribution in [0.25, 0.3) is 22.2 Å². The van der Waals surface area contributed by atoms with Crippen LogP contribution >= 0.6 is 11.6 Å². The minimum absolute atomic E-state index is 0.0472. The molecule has 2 aromatic heterocycles. The number of nitro benzene ring substituents is 1. The molecule has 5 rings (SSSR count). The molecule has 0 aliphatic carbocycles. The van der Waals surface area contributed by atoms with Crippen LogP contribution in [0, 0.1) is 15.9 Å². The van der Waals surface area contributed by atoms with Crippen LogP contribution in [-0.4, -0.2) is 34.1 Å². The zero-order chi connectivity index (χ0) is 29.9. The van der Waals surface area contributed by atoms with Crippen LogP contribution in [0.15, 0.2) is 85.1 Å². The number of aromatic nitrogens is 3. The third-order valence-electron chi connectivity index (χ3n) is 7.16. The van der Waals surface area contributed by atoms with Gasteiger partial charge in [0, 0.05) is 43.6 Å². The molecule has 10 heteroatoms. The highest BCUT2D eigenvalue weighted by Gasteiger charge is 2.25. The van der Waals surface area contributed by atoms with Gasteiger partial charge in [-0.25, -0.2) is 9.37 Å². The van der Waals surface area contributed by atoms with Crippen LogP contribution < -0.4 is 0 Å². The highest BCUT2D eigenvalue weighted by molar-refractivity contribution is 6.76. The van der Waals surface area contributed by atoms with Crippen LogP contribution in [0.1, 0.15) is 23.0 Å². The maximum atomic E-state index is 14.3. The van der Waals surface area contributed by atoms with E-state index in [9.17, 15) is 14.5 Å². The molecule has 0 bridgehead atoms. The number of nitro groups is 1. The summed E-state index contributed by atoms with van der Waals surface area (Å²) in [5, 5.41) is 12.1. The van der Waals surface area contributed by atoms with Crippen molar-refractivity contribution in [3.8, 4) is 11.1 Å². The Bertz CT molecular complexity index is 1710. The summed E-state index contributed by atoms with van der Waals surface area (Å²) in [5.74, 6) is 0.0526. The van der Waals surface area contributed by atoms with E-state index in [1.807, 2.05) is 47.0 Å². The van der Waals surface area contributed by atoms with E-state index in [0.717, 1.165) is 22.8 Å². The molecule has 0 spiro atoms. The molecule has 0 aliphatic heterocycles. The summed E-state index contributed by atoms with van der Waals surface area (Å²) < 4.78 is 22.4. The molecular formula is C32H32ClFN4O3Si. The van der Waals surface area contributed by atoms with Crippen LogP contribution in [0.2, 0.25) is 30.7 Å².